The maximum atomic E-state index is 12.5. The lowest BCUT2D eigenvalue weighted by molar-refractivity contribution is -0.209. The van der Waals surface area contributed by atoms with E-state index in [9.17, 15) is 4.89 Å². The smallest absolute Gasteiger partial charge is 0.289 e. The van der Waals surface area contributed by atoms with Crippen molar-refractivity contribution in [1.29, 1.82) is 0 Å². The zero-order valence-corrected chi connectivity index (χ0v) is 15.1. The topological polar surface area (TPSA) is 41.5 Å². The van der Waals surface area contributed by atoms with Gasteiger partial charge in [-0.2, -0.15) is 0 Å². The molecule has 0 bridgehead atoms. The van der Waals surface area contributed by atoms with E-state index in [4.69, 9.17) is 9.05 Å². The summed E-state index contributed by atoms with van der Waals surface area (Å²) < 4.78 is 11.0. The van der Waals surface area contributed by atoms with Crippen molar-refractivity contribution in [1.82, 2.24) is 0 Å². The van der Waals surface area contributed by atoms with E-state index in [0.29, 0.717) is 12.8 Å². The van der Waals surface area contributed by atoms with Crippen molar-refractivity contribution in [3.8, 4) is 5.75 Å². The first-order valence-corrected chi connectivity index (χ1v) is 9.30. The first-order chi connectivity index (χ1) is 9.46. The molecule has 21 heavy (non-hydrogen) atoms. The monoisotopic (exact) mass is 310 g/mol. The van der Waals surface area contributed by atoms with Gasteiger partial charge in [0.05, 0.1) is 6.61 Å². The van der Waals surface area contributed by atoms with Gasteiger partial charge < -0.3 is 9.42 Å². The summed E-state index contributed by atoms with van der Waals surface area (Å²) in [6.07, 6.45) is 0.379. The van der Waals surface area contributed by atoms with Crippen LogP contribution in [-0.4, -0.2) is 6.61 Å². The Hall–Kier alpha value is -0.630. The van der Waals surface area contributed by atoms with Crippen molar-refractivity contribution in [2.24, 2.45) is 0 Å². The molecule has 0 aliphatic carbocycles. The number of hydrogen-bond donors (Lipinski definition) is 0. The van der Waals surface area contributed by atoms with Crippen molar-refractivity contribution >= 4 is 7.94 Å². The van der Waals surface area contributed by atoms with Gasteiger partial charge in [0.1, 0.15) is 6.16 Å². The van der Waals surface area contributed by atoms with Crippen LogP contribution in [0.25, 0.3) is 0 Å². The van der Waals surface area contributed by atoms with E-state index in [2.05, 4.69) is 53.7 Å². The minimum atomic E-state index is -3.00. The van der Waals surface area contributed by atoms with E-state index in [1.165, 1.54) is 11.1 Å². The Morgan fingerprint density at radius 2 is 1.62 bits per heavy atom. The SMILES string of the molecule is CCO[P+]1([O-])Cc2cc(C(C)(C)C)c(C(C)(C)C)cc2O1. The van der Waals surface area contributed by atoms with Gasteiger partial charge in [0.25, 0.3) is 7.94 Å². The predicted molar refractivity (Wildman–Crippen MR) is 86.7 cm³/mol. The van der Waals surface area contributed by atoms with Crippen molar-refractivity contribution in [2.75, 3.05) is 6.61 Å². The molecular weight excluding hydrogens is 283 g/mol. The van der Waals surface area contributed by atoms with Gasteiger partial charge in [-0.3, -0.25) is 0 Å². The van der Waals surface area contributed by atoms with Crippen LogP contribution in [0, 0.1) is 0 Å². The molecule has 1 aliphatic heterocycles. The number of hydrogen-bond acceptors (Lipinski definition) is 3. The van der Waals surface area contributed by atoms with Gasteiger partial charge in [-0.15, -0.1) is 0 Å². The minimum absolute atomic E-state index is 0.0131. The second-order valence-electron chi connectivity index (χ2n) is 7.78. The first kappa shape index (κ1) is 16.7. The Labute approximate surface area is 129 Å². The zero-order valence-electron chi connectivity index (χ0n) is 14.2. The molecule has 0 amide bonds. The standard InChI is InChI=1S/C17H27O3P/c1-8-19-21(18)11-12-9-13(16(2,3)4)14(17(5,6)7)10-15(12)20-21/h9-10H,8,11H2,1-7H3. The third-order valence-corrected chi connectivity index (χ3v) is 5.60. The summed E-state index contributed by atoms with van der Waals surface area (Å²) in [5.74, 6) is 0.727. The summed E-state index contributed by atoms with van der Waals surface area (Å²) in [6.45, 7) is 15.5. The number of rotatable bonds is 2. The van der Waals surface area contributed by atoms with Crippen LogP contribution in [0.3, 0.4) is 0 Å². The van der Waals surface area contributed by atoms with Crippen LogP contribution in [-0.2, 0) is 21.5 Å². The molecule has 0 N–H and O–H groups in total. The fourth-order valence-corrected chi connectivity index (χ4v) is 4.47. The Morgan fingerprint density at radius 1 is 1.10 bits per heavy atom. The van der Waals surface area contributed by atoms with Crippen molar-refractivity contribution in [2.45, 2.75) is 65.5 Å². The third-order valence-electron chi connectivity index (χ3n) is 3.74. The number of fused-ring (bicyclic) bond motifs is 1. The molecule has 0 spiro atoms. The largest absolute Gasteiger partial charge is 0.624 e. The van der Waals surface area contributed by atoms with E-state index < -0.39 is 7.94 Å². The molecule has 0 radical (unpaired) electrons. The molecule has 1 aromatic rings. The predicted octanol–water partition coefficient (Wildman–Crippen LogP) is 4.33. The van der Waals surface area contributed by atoms with E-state index in [-0.39, 0.29) is 10.8 Å². The van der Waals surface area contributed by atoms with Crippen LogP contribution >= 0.6 is 7.94 Å². The lowest BCUT2D eigenvalue weighted by atomic mass is 9.74. The van der Waals surface area contributed by atoms with Crippen molar-refractivity contribution in [3.05, 3.63) is 28.8 Å². The highest BCUT2D eigenvalue weighted by Gasteiger charge is 2.42. The summed E-state index contributed by atoms with van der Waals surface area (Å²) in [4.78, 5) is 12.5. The molecule has 2 rings (SSSR count). The highest BCUT2D eigenvalue weighted by atomic mass is 31.2. The van der Waals surface area contributed by atoms with Crippen LogP contribution in [0.1, 0.15) is 65.2 Å². The molecule has 1 heterocycles. The van der Waals surface area contributed by atoms with E-state index in [0.717, 1.165) is 11.3 Å². The Morgan fingerprint density at radius 3 is 2.10 bits per heavy atom. The lowest BCUT2D eigenvalue weighted by Crippen LogP contribution is -2.22. The molecule has 1 unspecified atom stereocenters. The molecule has 3 nitrogen and oxygen atoms in total. The van der Waals surface area contributed by atoms with Crippen molar-refractivity contribution < 1.29 is 13.9 Å². The first-order valence-electron chi connectivity index (χ1n) is 7.57. The van der Waals surface area contributed by atoms with Gasteiger partial charge in [-0.1, -0.05) is 41.5 Å². The molecule has 0 fully saturated rings. The Bertz CT molecular complexity index is 495. The van der Waals surface area contributed by atoms with E-state index >= 15 is 0 Å². The van der Waals surface area contributed by atoms with Crippen LogP contribution in [0.15, 0.2) is 12.1 Å². The van der Waals surface area contributed by atoms with Gasteiger partial charge in [0.2, 0.25) is 0 Å². The molecular formula is C17H27O3P. The highest BCUT2D eigenvalue weighted by molar-refractivity contribution is 7.59. The average molecular weight is 310 g/mol. The normalized spacial score (nSPS) is 22.1. The Kier molecular flexibility index (Phi) is 4.16. The molecule has 118 valence electrons. The maximum Gasteiger partial charge on any atom is 0.289 e. The quantitative estimate of drug-likeness (QED) is 0.763. The summed E-state index contributed by atoms with van der Waals surface area (Å²) in [7, 11) is -3.00. The summed E-state index contributed by atoms with van der Waals surface area (Å²) in [5, 5.41) is 0. The van der Waals surface area contributed by atoms with E-state index in [1.54, 1.807) is 0 Å². The molecule has 1 aromatic carbocycles. The zero-order chi connectivity index (χ0) is 16.1. The van der Waals surface area contributed by atoms with Gasteiger partial charge >= 0.3 is 0 Å². The molecule has 0 saturated heterocycles. The maximum absolute atomic E-state index is 12.5. The van der Waals surface area contributed by atoms with Gasteiger partial charge in [0, 0.05) is 5.56 Å². The fraction of sp³-hybridized carbons (Fsp3) is 0.647. The molecule has 0 aromatic heterocycles. The van der Waals surface area contributed by atoms with Crippen LogP contribution in [0.5, 0.6) is 5.75 Å². The minimum Gasteiger partial charge on any atom is -0.624 e. The van der Waals surface area contributed by atoms with Crippen LogP contribution in [0.4, 0.5) is 0 Å². The summed E-state index contributed by atoms with van der Waals surface area (Å²) in [5.41, 5.74) is 3.60. The van der Waals surface area contributed by atoms with Crippen molar-refractivity contribution in [3.63, 3.8) is 0 Å². The molecule has 0 saturated carbocycles. The number of benzene rings is 1. The van der Waals surface area contributed by atoms with Gasteiger partial charge in [0.15, 0.2) is 5.75 Å². The highest BCUT2D eigenvalue weighted by Crippen LogP contribution is 2.62. The average Bonchev–Trinajstić information content (AvgIpc) is 2.60. The van der Waals surface area contributed by atoms with E-state index in [1.807, 2.05) is 6.92 Å². The van der Waals surface area contributed by atoms with Crippen LogP contribution in [0.2, 0.25) is 0 Å². The second-order valence-corrected chi connectivity index (χ2v) is 9.76. The summed E-state index contributed by atoms with van der Waals surface area (Å²) in [6, 6.07) is 4.23. The molecule has 4 heteroatoms. The molecule has 1 atom stereocenters. The van der Waals surface area contributed by atoms with Gasteiger partial charge in [-0.25, -0.2) is 4.52 Å². The summed E-state index contributed by atoms with van der Waals surface area (Å²) >= 11 is 0. The second kappa shape index (κ2) is 5.22. The van der Waals surface area contributed by atoms with Crippen LogP contribution < -0.4 is 9.42 Å². The lowest BCUT2D eigenvalue weighted by Gasteiger charge is -2.30. The van der Waals surface area contributed by atoms with Gasteiger partial charge in [-0.05, 0) is 41.0 Å². The fourth-order valence-electron chi connectivity index (χ4n) is 2.73. The third kappa shape index (κ3) is 3.41. The Balaban J connectivity index is 2.53. The molecule has 1 aliphatic rings.